The van der Waals surface area contributed by atoms with E-state index in [9.17, 15) is 4.79 Å². The number of aliphatic hydroxyl groups is 1. The lowest BCUT2D eigenvalue weighted by atomic mass is 9.98. The van der Waals surface area contributed by atoms with Crippen LogP contribution in [-0.4, -0.2) is 18.0 Å². The van der Waals surface area contributed by atoms with Gasteiger partial charge < -0.3 is 9.90 Å². The molecule has 0 bridgehead atoms. The second-order valence-corrected chi connectivity index (χ2v) is 3.78. The van der Waals surface area contributed by atoms with Crippen LogP contribution in [0.15, 0.2) is 0 Å². The summed E-state index contributed by atoms with van der Waals surface area (Å²) in [5.74, 6) is 0.725. The Kier molecular flexibility index (Phi) is 9.44. The van der Waals surface area contributed by atoms with Gasteiger partial charge >= 0.3 is 0 Å². The third kappa shape index (κ3) is 9.54. The van der Waals surface area contributed by atoms with Gasteiger partial charge in [0.15, 0.2) is 0 Å². The van der Waals surface area contributed by atoms with Crippen LogP contribution in [0.4, 0.5) is 0 Å². The number of hydrogen-bond acceptors (Lipinski definition) is 2. The third-order valence-corrected chi connectivity index (χ3v) is 2.37. The number of aldehydes is 1. The van der Waals surface area contributed by atoms with Gasteiger partial charge in [0.05, 0.1) is 0 Å². The smallest absolute Gasteiger partial charge is 0.119 e. The summed E-state index contributed by atoms with van der Waals surface area (Å²) in [6.07, 6.45) is 8.43. The molecular weight excluding hydrogens is 164 g/mol. The van der Waals surface area contributed by atoms with Crippen molar-refractivity contribution in [2.75, 3.05) is 6.61 Å². The van der Waals surface area contributed by atoms with E-state index in [4.69, 9.17) is 5.11 Å². The Bertz CT molecular complexity index is 113. The van der Waals surface area contributed by atoms with Crippen LogP contribution in [0.1, 0.15) is 51.9 Å². The first-order valence-corrected chi connectivity index (χ1v) is 5.35. The highest BCUT2D eigenvalue weighted by atomic mass is 16.2. The molecule has 0 fully saturated rings. The molecule has 0 aliphatic heterocycles. The lowest BCUT2D eigenvalue weighted by Crippen LogP contribution is -1.96. The van der Waals surface area contributed by atoms with Crippen LogP contribution in [-0.2, 0) is 4.79 Å². The standard InChI is InChI=1S/C11H22O2/c1-11(8-6-10-13)7-4-2-3-5-9-12/h9,11,13H,2-8,10H2,1H3/t11-/m0/s1. The predicted octanol–water partition coefficient (Wildman–Crippen LogP) is 2.54. The van der Waals surface area contributed by atoms with Crippen LogP contribution < -0.4 is 0 Å². The van der Waals surface area contributed by atoms with Gasteiger partial charge in [-0.1, -0.05) is 26.2 Å². The van der Waals surface area contributed by atoms with Crippen molar-refractivity contribution in [2.24, 2.45) is 5.92 Å². The topological polar surface area (TPSA) is 37.3 Å². The summed E-state index contributed by atoms with van der Waals surface area (Å²) in [5, 5.41) is 8.62. The van der Waals surface area contributed by atoms with Crippen molar-refractivity contribution in [3.8, 4) is 0 Å². The Hall–Kier alpha value is -0.370. The van der Waals surface area contributed by atoms with Gasteiger partial charge in [-0.15, -0.1) is 0 Å². The minimum absolute atomic E-state index is 0.315. The van der Waals surface area contributed by atoms with Gasteiger partial charge in [-0.3, -0.25) is 0 Å². The van der Waals surface area contributed by atoms with Crippen LogP contribution in [0, 0.1) is 5.92 Å². The number of aliphatic hydroxyl groups excluding tert-OH is 1. The zero-order chi connectivity index (χ0) is 9.94. The first-order valence-electron chi connectivity index (χ1n) is 5.35. The summed E-state index contributed by atoms with van der Waals surface area (Å²) in [6.45, 7) is 2.55. The van der Waals surface area contributed by atoms with Gasteiger partial charge in [-0.05, 0) is 25.2 Å². The average Bonchev–Trinajstić information content (AvgIpc) is 2.14. The molecule has 0 saturated carbocycles. The van der Waals surface area contributed by atoms with Crippen molar-refractivity contribution < 1.29 is 9.90 Å². The van der Waals surface area contributed by atoms with Crippen LogP contribution in [0.3, 0.4) is 0 Å². The molecule has 0 unspecified atom stereocenters. The molecular formula is C11H22O2. The number of unbranched alkanes of at least 4 members (excludes halogenated alkanes) is 3. The summed E-state index contributed by atoms with van der Waals surface area (Å²) in [7, 11) is 0. The molecule has 0 aromatic carbocycles. The highest BCUT2D eigenvalue weighted by molar-refractivity contribution is 5.48. The maximum absolute atomic E-state index is 10.0. The van der Waals surface area contributed by atoms with Gasteiger partial charge in [0.1, 0.15) is 6.29 Å². The van der Waals surface area contributed by atoms with E-state index in [-0.39, 0.29) is 0 Å². The van der Waals surface area contributed by atoms with E-state index in [1.54, 1.807) is 0 Å². The fraction of sp³-hybridized carbons (Fsp3) is 0.909. The molecule has 0 aromatic heterocycles. The van der Waals surface area contributed by atoms with Crippen LogP contribution in [0.25, 0.3) is 0 Å². The van der Waals surface area contributed by atoms with Crippen molar-refractivity contribution in [1.82, 2.24) is 0 Å². The summed E-state index contributed by atoms with van der Waals surface area (Å²) in [6, 6.07) is 0. The van der Waals surface area contributed by atoms with Crippen molar-refractivity contribution in [1.29, 1.82) is 0 Å². The van der Waals surface area contributed by atoms with Gasteiger partial charge in [0.25, 0.3) is 0 Å². The SMILES string of the molecule is C[C@H](CCCO)CCCCCC=O. The molecule has 1 N–H and O–H groups in total. The fourth-order valence-corrected chi connectivity index (χ4v) is 1.48. The first kappa shape index (κ1) is 12.6. The van der Waals surface area contributed by atoms with Crippen LogP contribution in [0.5, 0.6) is 0 Å². The molecule has 0 rings (SSSR count). The molecule has 0 saturated heterocycles. The molecule has 0 aliphatic carbocycles. The Morgan fingerprint density at radius 1 is 1.15 bits per heavy atom. The molecule has 2 heteroatoms. The molecule has 2 nitrogen and oxygen atoms in total. The minimum Gasteiger partial charge on any atom is -0.396 e. The van der Waals surface area contributed by atoms with Crippen LogP contribution >= 0.6 is 0 Å². The molecule has 0 aliphatic rings. The number of hydrogen-bond donors (Lipinski definition) is 1. The molecule has 78 valence electrons. The minimum atomic E-state index is 0.315. The second-order valence-electron chi connectivity index (χ2n) is 3.78. The zero-order valence-electron chi connectivity index (χ0n) is 8.67. The van der Waals surface area contributed by atoms with Gasteiger partial charge in [0.2, 0.25) is 0 Å². The molecule has 13 heavy (non-hydrogen) atoms. The third-order valence-electron chi connectivity index (χ3n) is 2.37. The van der Waals surface area contributed by atoms with Crippen molar-refractivity contribution >= 4 is 6.29 Å². The highest BCUT2D eigenvalue weighted by Crippen LogP contribution is 2.14. The van der Waals surface area contributed by atoms with Gasteiger partial charge in [-0.2, -0.15) is 0 Å². The Morgan fingerprint density at radius 3 is 2.46 bits per heavy atom. The molecule has 0 aromatic rings. The molecule has 0 radical (unpaired) electrons. The van der Waals surface area contributed by atoms with E-state index in [0.29, 0.717) is 13.0 Å². The summed E-state index contributed by atoms with van der Waals surface area (Å²) in [4.78, 5) is 10.0. The summed E-state index contributed by atoms with van der Waals surface area (Å²) in [5.41, 5.74) is 0. The summed E-state index contributed by atoms with van der Waals surface area (Å²) < 4.78 is 0. The van der Waals surface area contributed by atoms with Crippen LogP contribution in [0.2, 0.25) is 0 Å². The molecule has 1 atom stereocenters. The van der Waals surface area contributed by atoms with E-state index in [1.165, 1.54) is 19.3 Å². The molecule has 0 heterocycles. The summed E-state index contributed by atoms with van der Waals surface area (Å²) >= 11 is 0. The lowest BCUT2D eigenvalue weighted by Gasteiger charge is -2.09. The fourth-order valence-electron chi connectivity index (χ4n) is 1.48. The first-order chi connectivity index (χ1) is 6.31. The number of carbonyl (C=O) groups excluding carboxylic acids is 1. The largest absolute Gasteiger partial charge is 0.396 e. The Labute approximate surface area is 81.3 Å². The van der Waals surface area contributed by atoms with E-state index >= 15 is 0 Å². The van der Waals surface area contributed by atoms with E-state index in [0.717, 1.165) is 31.5 Å². The van der Waals surface area contributed by atoms with Crippen molar-refractivity contribution in [2.45, 2.75) is 51.9 Å². The molecule has 0 amide bonds. The monoisotopic (exact) mass is 186 g/mol. The number of carbonyl (C=O) groups is 1. The normalized spacial score (nSPS) is 12.8. The van der Waals surface area contributed by atoms with Gasteiger partial charge in [0, 0.05) is 13.0 Å². The molecule has 0 spiro atoms. The second kappa shape index (κ2) is 9.72. The quantitative estimate of drug-likeness (QED) is 0.444. The van der Waals surface area contributed by atoms with Crippen molar-refractivity contribution in [3.63, 3.8) is 0 Å². The van der Waals surface area contributed by atoms with Gasteiger partial charge in [-0.25, -0.2) is 0 Å². The Balaban J connectivity index is 3.07. The Morgan fingerprint density at radius 2 is 1.85 bits per heavy atom. The maximum atomic E-state index is 10.0. The highest BCUT2D eigenvalue weighted by Gasteiger charge is 2.00. The number of rotatable bonds is 9. The van der Waals surface area contributed by atoms with E-state index in [1.807, 2.05) is 0 Å². The van der Waals surface area contributed by atoms with E-state index in [2.05, 4.69) is 6.92 Å². The zero-order valence-corrected chi connectivity index (χ0v) is 8.67. The van der Waals surface area contributed by atoms with Crippen molar-refractivity contribution in [3.05, 3.63) is 0 Å². The van der Waals surface area contributed by atoms with E-state index < -0.39 is 0 Å². The predicted molar refractivity (Wildman–Crippen MR) is 54.6 cm³/mol. The lowest BCUT2D eigenvalue weighted by molar-refractivity contribution is -0.107. The maximum Gasteiger partial charge on any atom is 0.119 e. The average molecular weight is 186 g/mol.